The largest absolute Gasteiger partial charge is 0.333 e. The first kappa shape index (κ1) is 13.9. The maximum Gasteiger partial charge on any atom is 0.256 e. The smallest absolute Gasteiger partial charge is 0.256 e. The number of fused-ring (bicyclic) bond motifs is 2. The second-order valence-electron chi connectivity index (χ2n) is 6.28. The predicted octanol–water partition coefficient (Wildman–Crippen LogP) is 3.39. The molecule has 1 unspecified atom stereocenters. The van der Waals surface area contributed by atoms with Crippen LogP contribution in [0.4, 0.5) is 0 Å². The first-order chi connectivity index (χ1) is 11.0. The Kier molecular flexibility index (Phi) is 2.82. The summed E-state index contributed by atoms with van der Waals surface area (Å²) in [5.41, 5.74) is 6.62. The van der Waals surface area contributed by atoms with E-state index in [2.05, 4.69) is 36.2 Å². The van der Waals surface area contributed by atoms with Gasteiger partial charge >= 0.3 is 0 Å². The lowest BCUT2D eigenvalue weighted by Gasteiger charge is -2.14. The zero-order valence-corrected chi connectivity index (χ0v) is 13.6. The Morgan fingerprint density at radius 2 is 1.91 bits per heavy atom. The van der Waals surface area contributed by atoms with Crippen LogP contribution in [0.1, 0.15) is 40.1 Å². The SMILES string of the molecule is Cc1cc2[nH]nc(-c3ccc4c(n3)C(C)N(C)C4=O)c2cc1C. The molecule has 1 aromatic carbocycles. The van der Waals surface area contributed by atoms with E-state index in [4.69, 9.17) is 4.98 Å². The molecule has 0 aliphatic carbocycles. The van der Waals surface area contributed by atoms with Crippen LogP contribution in [0.15, 0.2) is 24.3 Å². The summed E-state index contributed by atoms with van der Waals surface area (Å²) in [7, 11) is 1.81. The molecule has 0 radical (unpaired) electrons. The number of pyridine rings is 1. The lowest BCUT2D eigenvalue weighted by Crippen LogP contribution is -2.20. The van der Waals surface area contributed by atoms with Gasteiger partial charge in [-0.25, -0.2) is 4.98 Å². The molecule has 116 valence electrons. The molecule has 3 heterocycles. The molecular weight excluding hydrogens is 288 g/mol. The van der Waals surface area contributed by atoms with Crippen LogP contribution in [0, 0.1) is 13.8 Å². The molecular formula is C18H18N4O. The van der Waals surface area contributed by atoms with Crippen LogP contribution in [0.5, 0.6) is 0 Å². The van der Waals surface area contributed by atoms with Crippen molar-refractivity contribution in [3.05, 3.63) is 46.6 Å². The molecule has 1 amide bonds. The van der Waals surface area contributed by atoms with Crippen LogP contribution in [0.3, 0.4) is 0 Å². The highest BCUT2D eigenvalue weighted by Gasteiger charge is 2.32. The van der Waals surface area contributed by atoms with Gasteiger partial charge < -0.3 is 4.90 Å². The number of aromatic amines is 1. The van der Waals surface area contributed by atoms with Crippen molar-refractivity contribution in [2.24, 2.45) is 0 Å². The van der Waals surface area contributed by atoms with Gasteiger partial charge in [-0.15, -0.1) is 0 Å². The summed E-state index contributed by atoms with van der Waals surface area (Å²) in [5, 5.41) is 8.60. The number of benzene rings is 1. The third-order valence-electron chi connectivity index (χ3n) is 4.87. The molecule has 1 atom stereocenters. The molecule has 1 N–H and O–H groups in total. The zero-order valence-electron chi connectivity index (χ0n) is 13.6. The molecule has 0 saturated heterocycles. The average Bonchev–Trinajstić information content (AvgIpc) is 3.03. The fourth-order valence-corrected chi connectivity index (χ4v) is 3.13. The number of carbonyl (C=O) groups excluding carboxylic acids is 1. The van der Waals surface area contributed by atoms with Crippen LogP contribution < -0.4 is 0 Å². The van der Waals surface area contributed by atoms with Gasteiger partial charge in [0.15, 0.2) is 0 Å². The number of aromatic nitrogens is 3. The van der Waals surface area contributed by atoms with Gasteiger partial charge in [0.2, 0.25) is 0 Å². The van der Waals surface area contributed by atoms with Gasteiger partial charge in [-0.2, -0.15) is 5.10 Å². The summed E-state index contributed by atoms with van der Waals surface area (Å²) in [6, 6.07) is 7.98. The Bertz CT molecular complexity index is 957. The van der Waals surface area contributed by atoms with Gasteiger partial charge in [-0.1, -0.05) is 0 Å². The molecule has 0 fully saturated rings. The van der Waals surface area contributed by atoms with E-state index >= 15 is 0 Å². The number of hydrogen-bond donors (Lipinski definition) is 1. The van der Waals surface area contributed by atoms with Crippen LogP contribution in [0.25, 0.3) is 22.3 Å². The van der Waals surface area contributed by atoms with E-state index in [-0.39, 0.29) is 11.9 Å². The number of carbonyl (C=O) groups is 1. The number of nitrogens with one attached hydrogen (secondary N) is 1. The monoisotopic (exact) mass is 306 g/mol. The molecule has 4 rings (SSSR count). The third kappa shape index (κ3) is 1.89. The first-order valence-corrected chi connectivity index (χ1v) is 7.71. The highest BCUT2D eigenvalue weighted by molar-refractivity contribution is 5.99. The lowest BCUT2D eigenvalue weighted by atomic mass is 10.0. The van der Waals surface area contributed by atoms with E-state index in [1.807, 2.05) is 26.1 Å². The number of H-pyrrole nitrogens is 1. The molecule has 3 aromatic rings. The van der Waals surface area contributed by atoms with Gasteiger partial charge in [0.25, 0.3) is 5.91 Å². The van der Waals surface area contributed by atoms with E-state index in [0.29, 0.717) is 5.56 Å². The second-order valence-corrected chi connectivity index (χ2v) is 6.28. The average molecular weight is 306 g/mol. The number of nitrogens with zero attached hydrogens (tertiary/aromatic N) is 3. The Hall–Kier alpha value is -2.69. The summed E-state index contributed by atoms with van der Waals surface area (Å²) in [6.45, 7) is 6.18. The highest BCUT2D eigenvalue weighted by Crippen LogP contribution is 2.34. The number of rotatable bonds is 1. The van der Waals surface area contributed by atoms with Gasteiger partial charge in [-0.3, -0.25) is 9.89 Å². The minimum Gasteiger partial charge on any atom is -0.333 e. The Labute approximate surface area is 134 Å². The molecule has 0 bridgehead atoms. The molecule has 2 aromatic heterocycles. The Balaban J connectivity index is 1.90. The van der Waals surface area contributed by atoms with E-state index in [1.54, 1.807) is 4.90 Å². The highest BCUT2D eigenvalue weighted by atomic mass is 16.2. The molecule has 1 aliphatic heterocycles. The standard InChI is InChI=1S/C18H18N4O/c1-9-7-13-15(8-10(9)2)20-21-17(13)14-6-5-12-16(19-14)11(3)22(4)18(12)23/h5-8,11H,1-4H3,(H,20,21). The topological polar surface area (TPSA) is 61.9 Å². The second kappa shape index (κ2) is 4.65. The van der Waals surface area contributed by atoms with Crippen LogP contribution in [-0.4, -0.2) is 33.0 Å². The molecule has 23 heavy (non-hydrogen) atoms. The van der Waals surface area contributed by atoms with Gasteiger partial charge in [-0.05, 0) is 56.2 Å². The molecule has 5 nitrogen and oxygen atoms in total. The number of hydrogen-bond acceptors (Lipinski definition) is 3. The van der Waals surface area contributed by atoms with Crippen molar-refractivity contribution in [2.75, 3.05) is 7.05 Å². The number of amides is 1. The van der Waals surface area contributed by atoms with E-state index in [1.165, 1.54) is 11.1 Å². The normalized spacial score (nSPS) is 17.1. The minimum absolute atomic E-state index is 0.00774. The van der Waals surface area contributed by atoms with Crippen LogP contribution in [0.2, 0.25) is 0 Å². The fraction of sp³-hybridized carbons (Fsp3) is 0.278. The van der Waals surface area contributed by atoms with Gasteiger partial charge in [0, 0.05) is 12.4 Å². The Morgan fingerprint density at radius 1 is 1.17 bits per heavy atom. The molecule has 1 aliphatic rings. The molecule has 0 spiro atoms. The summed E-state index contributed by atoms with van der Waals surface area (Å²) >= 11 is 0. The van der Waals surface area contributed by atoms with Crippen LogP contribution >= 0.6 is 0 Å². The van der Waals surface area contributed by atoms with E-state index in [0.717, 1.165) is 28.0 Å². The summed E-state index contributed by atoms with van der Waals surface area (Å²) in [4.78, 5) is 18.6. The fourth-order valence-electron chi connectivity index (χ4n) is 3.13. The van der Waals surface area contributed by atoms with Crippen molar-refractivity contribution in [3.63, 3.8) is 0 Å². The van der Waals surface area contributed by atoms with Crippen molar-refractivity contribution in [1.29, 1.82) is 0 Å². The third-order valence-corrected chi connectivity index (χ3v) is 4.87. The van der Waals surface area contributed by atoms with E-state index in [9.17, 15) is 4.79 Å². The quantitative estimate of drug-likeness (QED) is 0.749. The van der Waals surface area contributed by atoms with Crippen molar-refractivity contribution in [2.45, 2.75) is 26.8 Å². The molecule has 0 saturated carbocycles. The van der Waals surface area contributed by atoms with Gasteiger partial charge in [0.05, 0.1) is 28.5 Å². The predicted molar refractivity (Wildman–Crippen MR) is 89.3 cm³/mol. The Morgan fingerprint density at radius 3 is 2.70 bits per heavy atom. The number of aryl methyl sites for hydroxylation is 2. The summed E-state index contributed by atoms with van der Waals surface area (Å²) < 4.78 is 0. The van der Waals surface area contributed by atoms with Crippen molar-refractivity contribution in [3.8, 4) is 11.4 Å². The van der Waals surface area contributed by atoms with E-state index < -0.39 is 0 Å². The van der Waals surface area contributed by atoms with Crippen LogP contribution in [-0.2, 0) is 0 Å². The maximum absolute atomic E-state index is 12.2. The maximum atomic E-state index is 12.2. The zero-order chi connectivity index (χ0) is 16.3. The van der Waals surface area contributed by atoms with Crippen molar-refractivity contribution >= 4 is 16.8 Å². The first-order valence-electron chi connectivity index (χ1n) is 7.71. The van der Waals surface area contributed by atoms with Crippen molar-refractivity contribution < 1.29 is 4.79 Å². The lowest BCUT2D eigenvalue weighted by molar-refractivity contribution is 0.0783. The van der Waals surface area contributed by atoms with Gasteiger partial charge in [0.1, 0.15) is 5.69 Å². The minimum atomic E-state index is -0.00774. The summed E-state index contributed by atoms with van der Waals surface area (Å²) in [5.74, 6) is 0.0323. The van der Waals surface area contributed by atoms with Crippen molar-refractivity contribution in [1.82, 2.24) is 20.1 Å². The molecule has 5 heteroatoms. The summed E-state index contributed by atoms with van der Waals surface area (Å²) in [6.07, 6.45) is 0.